The van der Waals surface area contributed by atoms with Crippen LogP contribution in [0.1, 0.15) is 24.3 Å². The lowest BCUT2D eigenvalue weighted by molar-refractivity contribution is 0.208. The molecule has 0 radical (unpaired) electrons. The lowest BCUT2D eigenvalue weighted by atomic mass is 10.1. The van der Waals surface area contributed by atoms with E-state index in [4.69, 9.17) is 11.6 Å². The van der Waals surface area contributed by atoms with Crippen molar-refractivity contribution in [1.82, 2.24) is 14.8 Å². The molecule has 4 nitrogen and oxygen atoms in total. The molecule has 1 atom stereocenters. The number of rotatable bonds is 3. The summed E-state index contributed by atoms with van der Waals surface area (Å²) in [5.41, 5.74) is 1.38. The van der Waals surface area contributed by atoms with Crippen LogP contribution < -0.4 is 0 Å². The van der Waals surface area contributed by atoms with Crippen molar-refractivity contribution in [2.75, 3.05) is 0 Å². The van der Waals surface area contributed by atoms with Gasteiger partial charge in [0.25, 0.3) is 0 Å². The van der Waals surface area contributed by atoms with Gasteiger partial charge in [-0.15, -0.1) is 0 Å². The number of aliphatic hydroxyl groups excluding tert-OH is 1. The number of hydrogen-bond acceptors (Lipinski definition) is 3. The van der Waals surface area contributed by atoms with Crippen LogP contribution in [0.2, 0.25) is 5.02 Å². The van der Waals surface area contributed by atoms with E-state index in [1.807, 2.05) is 6.92 Å². The molecule has 0 saturated heterocycles. The van der Waals surface area contributed by atoms with Crippen LogP contribution in [0.3, 0.4) is 0 Å². The Bertz CT molecular complexity index is 484. The Labute approximate surface area is 98.5 Å². The highest BCUT2D eigenvalue weighted by Crippen LogP contribution is 2.26. The van der Waals surface area contributed by atoms with Crippen molar-refractivity contribution in [3.05, 3.63) is 47.0 Å². The van der Waals surface area contributed by atoms with E-state index in [-0.39, 0.29) is 0 Å². The van der Waals surface area contributed by atoms with Gasteiger partial charge in [0.2, 0.25) is 0 Å². The summed E-state index contributed by atoms with van der Waals surface area (Å²) < 4.78 is 1.74. The van der Waals surface area contributed by atoms with E-state index in [1.165, 1.54) is 6.20 Å². The van der Waals surface area contributed by atoms with Gasteiger partial charge in [-0.05, 0) is 19.1 Å². The number of aromatic nitrogens is 3. The zero-order valence-corrected chi connectivity index (χ0v) is 9.59. The highest BCUT2D eigenvalue weighted by atomic mass is 35.5. The molecule has 0 fully saturated rings. The van der Waals surface area contributed by atoms with E-state index < -0.39 is 6.10 Å². The maximum absolute atomic E-state index is 10.2. The summed E-state index contributed by atoms with van der Waals surface area (Å²) >= 11 is 5.98. The van der Waals surface area contributed by atoms with Crippen LogP contribution in [0, 0.1) is 0 Å². The van der Waals surface area contributed by atoms with Crippen LogP contribution in [0.4, 0.5) is 0 Å². The molecule has 5 heteroatoms. The number of pyridine rings is 1. The molecule has 0 aliphatic rings. The van der Waals surface area contributed by atoms with Gasteiger partial charge in [0.05, 0.1) is 10.7 Å². The van der Waals surface area contributed by atoms with Crippen molar-refractivity contribution in [2.24, 2.45) is 0 Å². The average Bonchev–Trinajstić information content (AvgIpc) is 2.77. The van der Waals surface area contributed by atoms with Crippen LogP contribution in [-0.2, 0) is 6.54 Å². The zero-order chi connectivity index (χ0) is 11.5. The minimum absolute atomic E-state index is 0.457. The van der Waals surface area contributed by atoms with Gasteiger partial charge in [-0.25, -0.2) is 0 Å². The second-order valence-corrected chi connectivity index (χ2v) is 3.78. The molecule has 1 unspecified atom stereocenters. The molecule has 0 aromatic carbocycles. The van der Waals surface area contributed by atoms with Gasteiger partial charge in [0.1, 0.15) is 6.10 Å². The fourth-order valence-corrected chi connectivity index (χ4v) is 1.83. The highest BCUT2D eigenvalue weighted by molar-refractivity contribution is 6.31. The summed E-state index contributed by atoms with van der Waals surface area (Å²) in [6.07, 6.45) is 4.03. The molecule has 16 heavy (non-hydrogen) atoms. The van der Waals surface area contributed by atoms with E-state index in [0.29, 0.717) is 17.1 Å². The first-order chi connectivity index (χ1) is 7.74. The molecule has 84 valence electrons. The van der Waals surface area contributed by atoms with Gasteiger partial charge >= 0.3 is 0 Å². The zero-order valence-electron chi connectivity index (χ0n) is 8.84. The third kappa shape index (κ3) is 1.94. The molecule has 0 spiro atoms. The summed E-state index contributed by atoms with van der Waals surface area (Å²) in [5.74, 6) is 0. The smallest absolute Gasteiger partial charge is 0.122 e. The van der Waals surface area contributed by atoms with E-state index in [1.54, 1.807) is 29.2 Å². The Morgan fingerprint density at radius 1 is 1.44 bits per heavy atom. The largest absolute Gasteiger partial charge is 0.382 e. The van der Waals surface area contributed by atoms with E-state index in [9.17, 15) is 5.11 Å². The molecule has 0 aliphatic carbocycles. The molecule has 1 N–H and O–H groups in total. The Kier molecular flexibility index (Phi) is 3.22. The van der Waals surface area contributed by atoms with Gasteiger partial charge in [0, 0.05) is 30.7 Å². The van der Waals surface area contributed by atoms with Crippen LogP contribution >= 0.6 is 11.6 Å². The van der Waals surface area contributed by atoms with Crippen molar-refractivity contribution in [1.29, 1.82) is 0 Å². The SMILES string of the molecule is CCn1nccc1C(O)c1ccncc1Cl. The molecule has 2 aromatic rings. The monoisotopic (exact) mass is 237 g/mol. The maximum Gasteiger partial charge on any atom is 0.122 e. The molecular weight excluding hydrogens is 226 g/mol. The molecule has 0 amide bonds. The molecular formula is C11H12ClN3O. The standard InChI is InChI=1S/C11H12ClN3O/c1-2-15-10(4-6-14-15)11(16)8-3-5-13-7-9(8)12/h3-7,11,16H,2H2,1H3. The lowest BCUT2D eigenvalue weighted by Gasteiger charge is -2.13. The summed E-state index contributed by atoms with van der Waals surface area (Å²) in [6.45, 7) is 2.68. The molecule has 2 heterocycles. The molecule has 2 aromatic heterocycles. The van der Waals surface area contributed by atoms with Gasteiger partial charge in [-0.1, -0.05) is 11.6 Å². The first-order valence-corrected chi connectivity index (χ1v) is 5.41. The van der Waals surface area contributed by atoms with Gasteiger partial charge in [0.15, 0.2) is 0 Å². The number of halogens is 1. The number of nitrogens with zero attached hydrogens (tertiary/aromatic N) is 3. The minimum atomic E-state index is -0.766. The predicted octanol–water partition coefficient (Wildman–Crippen LogP) is 2.03. The molecule has 0 bridgehead atoms. The first-order valence-electron chi connectivity index (χ1n) is 5.03. The van der Waals surface area contributed by atoms with Gasteiger partial charge in [-0.2, -0.15) is 5.10 Å². The van der Waals surface area contributed by atoms with E-state index in [2.05, 4.69) is 10.1 Å². The van der Waals surface area contributed by atoms with Crippen LogP contribution in [-0.4, -0.2) is 19.9 Å². The fourth-order valence-electron chi connectivity index (χ4n) is 1.61. The highest BCUT2D eigenvalue weighted by Gasteiger charge is 2.17. The summed E-state index contributed by atoms with van der Waals surface area (Å²) in [4.78, 5) is 3.89. The second-order valence-electron chi connectivity index (χ2n) is 3.37. The number of aryl methyl sites for hydroxylation is 1. The van der Waals surface area contributed by atoms with Crippen molar-refractivity contribution in [3.8, 4) is 0 Å². The van der Waals surface area contributed by atoms with Gasteiger partial charge < -0.3 is 5.11 Å². The van der Waals surface area contributed by atoms with Crippen LogP contribution in [0.15, 0.2) is 30.7 Å². The lowest BCUT2D eigenvalue weighted by Crippen LogP contribution is -2.09. The molecule has 2 rings (SSSR count). The first kappa shape index (κ1) is 11.1. The second kappa shape index (κ2) is 4.63. The van der Waals surface area contributed by atoms with Crippen molar-refractivity contribution in [2.45, 2.75) is 19.6 Å². The summed E-state index contributed by atoms with van der Waals surface area (Å²) in [7, 11) is 0. The summed E-state index contributed by atoms with van der Waals surface area (Å²) in [6, 6.07) is 3.49. The van der Waals surface area contributed by atoms with Crippen molar-refractivity contribution < 1.29 is 5.11 Å². The fraction of sp³-hybridized carbons (Fsp3) is 0.273. The molecule has 0 aliphatic heterocycles. The third-order valence-electron chi connectivity index (χ3n) is 2.43. The van der Waals surface area contributed by atoms with Crippen LogP contribution in [0.5, 0.6) is 0 Å². The average molecular weight is 238 g/mol. The van der Waals surface area contributed by atoms with E-state index in [0.717, 1.165) is 5.69 Å². The van der Waals surface area contributed by atoms with Crippen molar-refractivity contribution in [3.63, 3.8) is 0 Å². The van der Waals surface area contributed by atoms with Crippen LogP contribution in [0.25, 0.3) is 0 Å². The number of hydrogen-bond donors (Lipinski definition) is 1. The Hall–Kier alpha value is -1.39. The predicted molar refractivity (Wildman–Crippen MR) is 61.2 cm³/mol. The molecule has 0 saturated carbocycles. The minimum Gasteiger partial charge on any atom is -0.382 e. The Balaban J connectivity index is 2.39. The Morgan fingerprint density at radius 3 is 2.94 bits per heavy atom. The Morgan fingerprint density at radius 2 is 2.25 bits per heavy atom. The maximum atomic E-state index is 10.2. The normalized spacial score (nSPS) is 12.7. The van der Waals surface area contributed by atoms with Crippen molar-refractivity contribution >= 4 is 11.6 Å². The quantitative estimate of drug-likeness (QED) is 0.889. The van der Waals surface area contributed by atoms with E-state index >= 15 is 0 Å². The van der Waals surface area contributed by atoms with Gasteiger partial charge in [-0.3, -0.25) is 9.67 Å². The third-order valence-corrected chi connectivity index (χ3v) is 2.74. The number of aliphatic hydroxyl groups is 1. The summed E-state index contributed by atoms with van der Waals surface area (Å²) in [5, 5.41) is 14.8. The topological polar surface area (TPSA) is 50.9 Å².